The third-order valence-electron chi connectivity index (χ3n) is 2.38. The Morgan fingerprint density at radius 3 is 2.57 bits per heavy atom. The first kappa shape index (κ1) is 11.2. The Morgan fingerprint density at radius 1 is 1.43 bits per heavy atom. The molecule has 1 saturated heterocycles. The van der Waals surface area contributed by atoms with Gasteiger partial charge in [0.15, 0.2) is 0 Å². The summed E-state index contributed by atoms with van der Waals surface area (Å²) in [7, 11) is 0. The van der Waals surface area contributed by atoms with Crippen molar-refractivity contribution in [1.29, 1.82) is 0 Å². The second-order valence-electron chi connectivity index (χ2n) is 3.29. The first-order chi connectivity index (χ1) is 6.61. The molecule has 0 radical (unpaired) electrons. The fraction of sp³-hybridized carbons (Fsp3) is 1.00. The molecule has 14 heavy (non-hydrogen) atoms. The summed E-state index contributed by atoms with van der Waals surface area (Å²) in [6.07, 6.45) is -3.97. The van der Waals surface area contributed by atoms with Gasteiger partial charge in [-0.1, -0.05) is 12.0 Å². The van der Waals surface area contributed by atoms with E-state index in [9.17, 15) is 10.2 Å². The van der Waals surface area contributed by atoms with E-state index in [2.05, 4.69) is 10.0 Å². The zero-order valence-corrected chi connectivity index (χ0v) is 7.69. The molecule has 0 amide bonds. The van der Waals surface area contributed by atoms with Crippen molar-refractivity contribution in [3.8, 4) is 0 Å². The second-order valence-corrected chi connectivity index (χ2v) is 3.29. The maximum atomic E-state index is 9.52. The lowest BCUT2D eigenvalue weighted by Gasteiger charge is -2.39. The Labute approximate surface area is 80.6 Å². The number of hydrogen-bond acceptors (Lipinski definition) is 5. The number of azide groups is 1. The Kier molecular flexibility index (Phi) is 3.68. The lowest BCUT2D eigenvalue weighted by molar-refractivity contribution is -0.203. The summed E-state index contributed by atoms with van der Waals surface area (Å²) in [5.74, 6) is -0.497. The molecule has 0 spiro atoms. The number of aliphatic hydroxyl groups excluding tert-OH is 3. The van der Waals surface area contributed by atoms with Crippen molar-refractivity contribution in [3.63, 3.8) is 0 Å². The minimum absolute atomic E-state index is 0.428. The van der Waals surface area contributed by atoms with Gasteiger partial charge in [0.2, 0.25) is 0 Å². The second kappa shape index (κ2) is 4.59. The minimum atomic E-state index is -1.15. The first-order valence-electron chi connectivity index (χ1n) is 4.28. The van der Waals surface area contributed by atoms with Crippen molar-refractivity contribution in [2.75, 3.05) is 6.61 Å². The highest BCUT2D eigenvalue weighted by Crippen LogP contribution is 2.26. The standard InChI is InChI=1S/C7H13N3O4/c1-3-5(12)6(13)4(2-11)14-7(3)9-10-8/h3-7,11-13H,2H2,1H3/t3-,4?,5-,6+,7-/m1/s1. The third kappa shape index (κ3) is 1.97. The van der Waals surface area contributed by atoms with Crippen LogP contribution in [0.25, 0.3) is 10.4 Å². The van der Waals surface area contributed by atoms with Crippen molar-refractivity contribution < 1.29 is 20.1 Å². The molecule has 3 N–H and O–H groups in total. The van der Waals surface area contributed by atoms with Gasteiger partial charge in [-0.3, -0.25) is 0 Å². The van der Waals surface area contributed by atoms with Crippen LogP contribution in [0.5, 0.6) is 0 Å². The summed E-state index contributed by atoms with van der Waals surface area (Å²) in [6.45, 7) is 1.17. The van der Waals surface area contributed by atoms with Crippen LogP contribution in [-0.4, -0.2) is 46.5 Å². The van der Waals surface area contributed by atoms with Crippen molar-refractivity contribution >= 4 is 0 Å². The molecule has 7 heteroatoms. The molecule has 0 aliphatic carbocycles. The summed E-state index contributed by atoms with van der Waals surface area (Å²) in [5.41, 5.74) is 8.22. The van der Waals surface area contributed by atoms with Crippen LogP contribution in [0, 0.1) is 5.92 Å². The Morgan fingerprint density at radius 2 is 2.07 bits per heavy atom. The molecule has 0 saturated carbocycles. The Hall–Kier alpha value is -0.850. The Balaban J connectivity index is 2.77. The smallest absolute Gasteiger partial charge is 0.142 e. The fourth-order valence-electron chi connectivity index (χ4n) is 1.42. The van der Waals surface area contributed by atoms with Gasteiger partial charge in [0, 0.05) is 10.8 Å². The minimum Gasteiger partial charge on any atom is -0.394 e. The molecule has 5 atom stereocenters. The van der Waals surface area contributed by atoms with Gasteiger partial charge in [0.1, 0.15) is 18.4 Å². The summed E-state index contributed by atoms with van der Waals surface area (Å²) in [6, 6.07) is 0. The lowest BCUT2D eigenvalue weighted by atomic mass is 9.92. The molecular formula is C7H13N3O4. The molecule has 80 valence electrons. The van der Waals surface area contributed by atoms with Crippen LogP contribution in [-0.2, 0) is 4.74 Å². The van der Waals surface area contributed by atoms with Crippen LogP contribution in [0.1, 0.15) is 6.92 Å². The largest absolute Gasteiger partial charge is 0.394 e. The van der Waals surface area contributed by atoms with Crippen LogP contribution in [0.15, 0.2) is 5.11 Å². The molecule has 0 aromatic carbocycles. The topological polar surface area (TPSA) is 119 Å². The monoisotopic (exact) mass is 203 g/mol. The van der Waals surface area contributed by atoms with Crippen LogP contribution in [0.4, 0.5) is 0 Å². The van der Waals surface area contributed by atoms with Gasteiger partial charge in [0.25, 0.3) is 0 Å². The van der Waals surface area contributed by atoms with Gasteiger partial charge in [-0.2, -0.15) is 0 Å². The van der Waals surface area contributed by atoms with E-state index < -0.39 is 37.1 Å². The average molecular weight is 203 g/mol. The number of nitrogens with zero attached hydrogens (tertiary/aromatic N) is 3. The molecule has 1 heterocycles. The van der Waals surface area contributed by atoms with E-state index in [0.29, 0.717) is 0 Å². The molecule has 1 aliphatic heterocycles. The van der Waals surface area contributed by atoms with Gasteiger partial charge in [-0.25, -0.2) is 0 Å². The van der Waals surface area contributed by atoms with E-state index in [1.54, 1.807) is 6.92 Å². The van der Waals surface area contributed by atoms with Gasteiger partial charge in [-0.05, 0) is 5.53 Å². The molecule has 1 unspecified atom stereocenters. The zero-order valence-electron chi connectivity index (χ0n) is 7.69. The summed E-state index contributed by atoms with van der Waals surface area (Å²) >= 11 is 0. The normalized spacial score (nSPS) is 43.0. The van der Waals surface area contributed by atoms with Crippen LogP contribution in [0.2, 0.25) is 0 Å². The van der Waals surface area contributed by atoms with Gasteiger partial charge in [-0.15, -0.1) is 0 Å². The predicted octanol–water partition coefficient (Wildman–Crippen LogP) is -0.628. The Bertz CT molecular complexity index is 241. The number of aliphatic hydroxyl groups is 3. The lowest BCUT2D eigenvalue weighted by Crippen LogP contribution is -2.54. The van der Waals surface area contributed by atoms with E-state index >= 15 is 0 Å². The van der Waals surface area contributed by atoms with E-state index in [4.69, 9.17) is 15.4 Å². The average Bonchev–Trinajstić information content (AvgIpc) is 2.19. The molecule has 1 fully saturated rings. The summed E-state index contributed by atoms with van der Waals surface area (Å²) in [4.78, 5) is 2.56. The van der Waals surface area contributed by atoms with E-state index in [-0.39, 0.29) is 0 Å². The van der Waals surface area contributed by atoms with Crippen LogP contribution in [0.3, 0.4) is 0 Å². The maximum absolute atomic E-state index is 9.52. The quantitative estimate of drug-likeness (QED) is 0.314. The summed E-state index contributed by atoms with van der Waals surface area (Å²) in [5, 5.41) is 31.1. The number of rotatable bonds is 2. The predicted molar refractivity (Wildman–Crippen MR) is 46.1 cm³/mol. The molecule has 1 aliphatic rings. The van der Waals surface area contributed by atoms with Crippen molar-refractivity contribution in [3.05, 3.63) is 10.4 Å². The fourth-order valence-corrected chi connectivity index (χ4v) is 1.42. The molecule has 7 nitrogen and oxygen atoms in total. The van der Waals surface area contributed by atoms with Crippen molar-refractivity contribution in [1.82, 2.24) is 0 Å². The van der Waals surface area contributed by atoms with Gasteiger partial charge in [0.05, 0.1) is 12.7 Å². The van der Waals surface area contributed by atoms with E-state index in [1.165, 1.54) is 0 Å². The number of hydrogen-bond donors (Lipinski definition) is 3. The molecule has 1 rings (SSSR count). The van der Waals surface area contributed by atoms with Crippen LogP contribution < -0.4 is 0 Å². The molecule has 0 bridgehead atoms. The van der Waals surface area contributed by atoms with Gasteiger partial charge < -0.3 is 20.1 Å². The van der Waals surface area contributed by atoms with Crippen LogP contribution >= 0.6 is 0 Å². The van der Waals surface area contributed by atoms with Gasteiger partial charge >= 0.3 is 0 Å². The highest BCUT2D eigenvalue weighted by Gasteiger charge is 2.41. The van der Waals surface area contributed by atoms with Crippen molar-refractivity contribution in [2.45, 2.75) is 31.5 Å². The summed E-state index contributed by atoms with van der Waals surface area (Å²) < 4.78 is 5.09. The third-order valence-corrected chi connectivity index (χ3v) is 2.38. The SMILES string of the molecule is C[C@@H]1[C@@H](O)[C@@H](O)C(CO)O[C@H]1N=[N+]=[N-]. The van der Waals surface area contributed by atoms with E-state index in [0.717, 1.165) is 0 Å². The first-order valence-corrected chi connectivity index (χ1v) is 4.28. The molecule has 0 aromatic rings. The highest BCUT2D eigenvalue weighted by atomic mass is 16.5. The molecular weight excluding hydrogens is 190 g/mol. The maximum Gasteiger partial charge on any atom is 0.142 e. The van der Waals surface area contributed by atoms with Crippen molar-refractivity contribution in [2.24, 2.45) is 11.0 Å². The highest BCUT2D eigenvalue weighted by molar-refractivity contribution is 4.88. The molecule has 0 aromatic heterocycles. The zero-order chi connectivity index (χ0) is 10.7. The van der Waals surface area contributed by atoms with E-state index in [1.807, 2.05) is 0 Å². The number of ether oxygens (including phenoxy) is 1.